The van der Waals surface area contributed by atoms with Crippen LogP contribution in [0.1, 0.15) is 24.1 Å². The average Bonchev–Trinajstić information content (AvgIpc) is 2.41. The summed E-state index contributed by atoms with van der Waals surface area (Å²) in [6.45, 7) is 2.80. The zero-order valence-electron chi connectivity index (χ0n) is 11.2. The van der Waals surface area contributed by atoms with Gasteiger partial charge in [-0.2, -0.15) is 0 Å². The second kappa shape index (κ2) is 6.98. The van der Waals surface area contributed by atoms with Crippen molar-refractivity contribution >= 4 is 23.2 Å². The van der Waals surface area contributed by atoms with Crippen LogP contribution in [-0.2, 0) is 6.42 Å². The van der Waals surface area contributed by atoms with E-state index in [4.69, 9.17) is 23.2 Å². The van der Waals surface area contributed by atoms with Crippen molar-refractivity contribution in [1.82, 2.24) is 5.32 Å². The zero-order valence-corrected chi connectivity index (χ0v) is 12.7. The first-order valence-corrected chi connectivity index (χ1v) is 7.28. The summed E-state index contributed by atoms with van der Waals surface area (Å²) in [6.07, 6.45) is 0.813. The fourth-order valence-corrected chi connectivity index (χ4v) is 2.61. The van der Waals surface area contributed by atoms with Gasteiger partial charge < -0.3 is 10.4 Å². The SMILES string of the molecule is CC(NCCc1ccc(Cl)cc1Cl)c1ccccc1O. The second-order valence-electron chi connectivity index (χ2n) is 4.72. The molecule has 0 saturated heterocycles. The summed E-state index contributed by atoms with van der Waals surface area (Å²) in [7, 11) is 0. The largest absolute Gasteiger partial charge is 0.508 e. The van der Waals surface area contributed by atoms with Crippen LogP contribution in [0.4, 0.5) is 0 Å². The maximum Gasteiger partial charge on any atom is 0.120 e. The van der Waals surface area contributed by atoms with Gasteiger partial charge in [0.1, 0.15) is 5.75 Å². The number of phenols is 1. The highest BCUT2D eigenvalue weighted by atomic mass is 35.5. The highest BCUT2D eigenvalue weighted by Crippen LogP contribution is 2.24. The Morgan fingerprint density at radius 2 is 1.90 bits per heavy atom. The van der Waals surface area contributed by atoms with Crippen LogP contribution in [0.5, 0.6) is 5.75 Å². The molecule has 2 nitrogen and oxygen atoms in total. The number of rotatable bonds is 5. The maximum absolute atomic E-state index is 9.80. The van der Waals surface area contributed by atoms with Crippen LogP contribution >= 0.6 is 23.2 Å². The lowest BCUT2D eigenvalue weighted by molar-refractivity contribution is 0.453. The lowest BCUT2D eigenvalue weighted by Gasteiger charge is -2.15. The Balaban J connectivity index is 1.91. The summed E-state index contributed by atoms with van der Waals surface area (Å²) in [6, 6.07) is 13.0. The number of nitrogens with one attached hydrogen (secondary N) is 1. The van der Waals surface area contributed by atoms with Crippen molar-refractivity contribution in [3.05, 3.63) is 63.6 Å². The Labute approximate surface area is 129 Å². The molecule has 0 aliphatic rings. The van der Waals surface area contributed by atoms with Crippen LogP contribution in [0.3, 0.4) is 0 Å². The lowest BCUT2D eigenvalue weighted by atomic mass is 10.1. The number of phenolic OH excluding ortho intramolecular Hbond substituents is 1. The van der Waals surface area contributed by atoms with E-state index >= 15 is 0 Å². The van der Waals surface area contributed by atoms with Crippen molar-refractivity contribution in [3.8, 4) is 5.75 Å². The maximum atomic E-state index is 9.80. The number of para-hydroxylation sites is 1. The van der Waals surface area contributed by atoms with Crippen LogP contribution in [0.15, 0.2) is 42.5 Å². The molecule has 20 heavy (non-hydrogen) atoms. The molecule has 2 N–H and O–H groups in total. The highest BCUT2D eigenvalue weighted by Gasteiger charge is 2.09. The van der Waals surface area contributed by atoms with Gasteiger partial charge in [-0.1, -0.05) is 47.5 Å². The third kappa shape index (κ3) is 3.89. The number of hydrogen-bond acceptors (Lipinski definition) is 2. The van der Waals surface area contributed by atoms with Gasteiger partial charge in [-0.25, -0.2) is 0 Å². The Kier molecular flexibility index (Phi) is 5.30. The topological polar surface area (TPSA) is 32.3 Å². The normalized spacial score (nSPS) is 12.3. The van der Waals surface area contributed by atoms with Crippen LogP contribution in [0.2, 0.25) is 10.0 Å². The summed E-state index contributed by atoms with van der Waals surface area (Å²) in [4.78, 5) is 0. The van der Waals surface area contributed by atoms with E-state index < -0.39 is 0 Å². The van der Waals surface area contributed by atoms with E-state index in [9.17, 15) is 5.11 Å². The first kappa shape index (κ1) is 15.2. The summed E-state index contributed by atoms with van der Waals surface area (Å²) in [5, 5.41) is 14.5. The number of aromatic hydroxyl groups is 1. The molecule has 0 radical (unpaired) electrons. The zero-order chi connectivity index (χ0) is 14.5. The fraction of sp³-hybridized carbons (Fsp3) is 0.250. The fourth-order valence-electron chi connectivity index (χ4n) is 2.11. The molecule has 2 aromatic carbocycles. The molecule has 0 bridgehead atoms. The minimum atomic E-state index is 0.0854. The van der Waals surface area contributed by atoms with Gasteiger partial charge in [-0.05, 0) is 43.7 Å². The molecule has 0 fully saturated rings. The lowest BCUT2D eigenvalue weighted by Crippen LogP contribution is -2.21. The van der Waals surface area contributed by atoms with Crippen LogP contribution < -0.4 is 5.32 Å². The highest BCUT2D eigenvalue weighted by molar-refractivity contribution is 6.35. The van der Waals surface area contributed by atoms with Gasteiger partial charge in [0, 0.05) is 21.7 Å². The second-order valence-corrected chi connectivity index (χ2v) is 5.56. The minimum absolute atomic E-state index is 0.0854. The molecular formula is C16H17Cl2NO. The van der Waals surface area contributed by atoms with Gasteiger partial charge in [0.05, 0.1) is 0 Å². The number of benzene rings is 2. The van der Waals surface area contributed by atoms with E-state index in [1.165, 1.54) is 0 Å². The third-order valence-electron chi connectivity index (χ3n) is 3.26. The predicted molar refractivity (Wildman–Crippen MR) is 84.7 cm³/mol. The Bertz CT molecular complexity index is 586. The minimum Gasteiger partial charge on any atom is -0.508 e. The van der Waals surface area contributed by atoms with E-state index in [1.54, 1.807) is 12.1 Å². The Morgan fingerprint density at radius 3 is 2.60 bits per heavy atom. The van der Waals surface area contributed by atoms with Crippen molar-refractivity contribution in [1.29, 1.82) is 0 Å². The average molecular weight is 310 g/mol. The van der Waals surface area contributed by atoms with E-state index in [1.807, 2.05) is 37.3 Å². The van der Waals surface area contributed by atoms with Crippen molar-refractivity contribution < 1.29 is 5.11 Å². The molecule has 1 unspecified atom stereocenters. The van der Waals surface area contributed by atoms with Gasteiger partial charge in [0.2, 0.25) is 0 Å². The van der Waals surface area contributed by atoms with Gasteiger partial charge in [-0.15, -0.1) is 0 Å². The first-order chi connectivity index (χ1) is 9.58. The van der Waals surface area contributed by atoms with Gasteiger partial charge in [0.15, 0.2) is 0 Å². The van der Waals surface area contributed by atoms with Gasteiger partial charge in [0.25, 0.3) is 0 Å². The van der Waals surface area contributed by atoms with Crippen LogP contribution in [0, 0.1) is 0 Å². The molecule has 2 aromatic rings. The smallest absolute Gasteiger partial charge is 0.120 e. The third-order valence-corrected chi connectivity index (χ3v) is 3.85. The van der Waals surface area contributed by atoms with Gasteiger partial charge >= 0.3 is 0 Å². The molecule has 2 rings (SSSR count). The molecule has 0 aliphatic heterocycles. The van der Waals surface area contributed by atoms with E-state index in [0.29, 0.717) is 15.8 Å². The molecule has 0 aliphatic carbocycles. The first-order valence-electron chi connectivity index (χ1n) is 6.53. The van der Waals surface area contributed by atoms with Crippen molar-refractivity contribution in [2.75, 3.05) is 6.54 Å². The summed E-state index contributed by atoms with van der Waals surface area (Å²) in [5.74, 6) is 0.317. The molecule has 0 heterocycles. The predicted octanol–water partition coefficient (Wildman–Crippen LogP) is 4.59. The van der Waals surface area contributed by atoms with Crippen LogP contribution in [-0.4, -0.2) is 11.7 Å². The summed E-state index contributed by atoms with van der Waals surface area (Å²) < 4.78 is 0. The monoisotopic (exact) mass is 309 g/mol. The molecular weight excluding hydrogens is 293 g/mol. The van der Waals surface area contributed by atoms with E-state index in [0.717, 1.165) is 24.1 Å². The summed E-state index contributed by atoms with van der Waals surface area (Å²) in [5.41, 5.74) is 1.96. The molecule has 0 saturated carbocycles. The van der Waals surface area contributed by atoms with Crippen molar-refractivity contribution in [2.45, 2.75) is 19.4 Å². The Hall–Kier alpha value is -1.22. The molecule has 1 atom stereocenters. The standard InChI is InChI=1S/C16H17Cl2NO/c1-11(14-4-2-3-5-16(14)20)19-9-8-12-6-7-13(17)10-15(12)18/h2-7,10-11,19-20H,8-9H2,1H3. The molecule has 106 valence electrons. The molecule has 0 amide bonds. The van der Waals surface area contributed by atoms with E-state index in [2.05, 4.69) is 5.32 Å². The molecule has 4 heteroatoms. The quantitative estimate of drug-likeness (QED) is 0.846. The Morgan fingerprint density at radius 1 is 1.15 bits per heavy atom. The van der Waals surface area contributed by atoms with Gasteiger partial charge in [-0.3, -0.25) is 0 Å². The number of halogens is 2. The molecule has 0 aromatic heterocycles. The summed E-state index contributed by atoms with van der Waals surface area (Å²) >= 11 is 12.0. The number of hydrogen-bond donors (Lipinski definition) is 2. The van der Waals surface area contributed by atoms with E-state index in [-0.39, 0.29) is 6.04 Å². The van der Waals surface area contributed by atoms with Crippen LogP contribution in [0.25, 0.3) is 0 Å². The van der Waals surface area contributed by atoms with Crippen molar-refractivity contribution in [2.24, 2.45) is 0 Å². The molecule has 0 spiro atoms. The van der Waals surface area contributed by atoms with Crippen molar-refractivity contribution in [3.63, 3.8) is 0 Å².